The van der Waals surface area contributed by atoms with Gasteiger partial charge >= 0.3 is 0 Å². The van der Waals surface area contributed by atoms with Crippen molar-refractivity contribution in [2.24, 2.45) is 9.53 Å². The van der Waals surface area contributed by atoms with Crippen LogP contribution in [0.5, 0.6) is 0 Å². The van der Waals surface area contributed by atoms with Gasteiger partial charge < -0.3 is 0 Å². The summed E-state index contributed by atoms with van der Waals surface area (Å²) in [7, 11) is 0.222. The van der Waals surface area contributed by atoms with Gasteiger partial charge in [-0.15, -0.1) is 0 Å². The topological polar surface area (TPSA) is 24.7 Å². The van der Waals surface area contributed by atoms with Crippen LogP contribution >= 0.6 is 8.88 Å². The van der Waals surface area contributed by atoms with Crippen LogP contribution in [0.15, 0.2) is 70.2 Å². The maximum Gasteiger partial charge on any atom is 0.121 e. The van der Waals surface area contributed by atoms with Crippen molar-refractivity contribution in [1.82, 2.24) is 0 Å². The lowest BCUT2D eigenvalue weighted by atomic mass is 10.2. The van der Waals surface area contributed by atoms with E-state index in [0.29, 0.717) is 0 Å². The molecule has 0 aromatic heterocycles. The van der Waals surface area contributed by atoms with E-state index in [9.17, 15) is 0 Å². The maximum absolute atomic E-state index is 4.26. The van der Waals surface area contributed by atoms with Gasteiger partial charge in [-0.1, -0.05) is 60.7 Å². The van der Waals surface area contributed by atoms with E-state index in [4.69, 9.17) is 0 Å². The molecular formula is C14H13N2P. The van der Waals surface area contributed by atoms with Crippen LogP contribution in [0.4, 0.5) is 0 Å². The Morgan fingerprint density at radius 3 is 1.47 bits per heavy atom. The minimum absolute atomic E-state index is 0.222. The van der Waals surface area contributed by atoms with E-state index >= 15 is 0 Å². The summed E-state index contributed by atoms with van der Waals surface area (Å²) in [6.07, 6.45) is 3.70. The second kappa shape index (κ2) is 6.72. The molecule has 0 N–H and O–H groups in total. The van der Waals surface area contributed by atoms with Crippen molar-refractivity contribution in [2.45, 2.75) is 0 Å². The van der Waals surface area contributed by atoms with Gasteiger partial charge in [0.15, 0.2) is 0 Å². The van der Waals surface area contributed by atoms with Crippen LogP contribution in [-0.4, -0.2) is 12.4 Å². The molecule has 0 spiro atoms. The number of hydrogen-bond acceptors (Lipinski definition) is 2. The fourth-order valence-corrected chi connectivity index (χ4v) is 1.80. The van der Waals surface area contributed by atoms with Gasteiger partial charge in [-0.3, -0.25) is 0 Å². The first-order chi connectivity index (χ1) is 8.45. The highest BCUT2D eigenvalue weighted by atomic mass is 31.1. The van der Waals surface area contributed by atoms with Gasteiger partial charge in [0.25, 0.3) is 0 Å². The Labute approximate surface area is 103 Å². The zero-order chi connectivity index (χ0) is 11.8. The second-order valence-electron chi connectivity index (χ2n) is 3.44. The first kappa shape index (κ1) is 11.7. The molecule has 2 nitrogen and oxygen atoms in total. The molecule has 0 unspecified atom stereocenters. The largest absolute Gasteiger partial charge is 0.248 e. The fourth-order valence-electron chi connectivity index (χ4n) is 1.32. The van der Waals surface area contributed by atoms with Gasteiger partial charge in [-0.25, -0.2) is 9.53 Å². The highest BCUT2D eigenvalue weighted by molar-refractivity contribution is 7.35. The Hall–Kier alpha value is -1.79. The Morgan fingerprint density at radius 1 is 0.647 bits per heavy atom. The van der Waals surface area contributed by atoms with E-state index < -0.39 is 0 Å². The summed E-state index contributed by atoms with van der Waals surface area (Å²) in [5.41, 5.74) is 2.21. The summed E-state index contributed by atoms with van der Waals surface area (Å²) in [4.78, 5) is 0. The number of nitrogens with zero attached hydrogens (tertiary/aromatic N) is 2. The number of hydrogen-bond donors (Lipinski definition) is 0. The molecule has 0 aliphatic rings. The molecule has 3 heteroatoms. The van der Waals surface area contributed by atoms with Crippen molar-refractivity contribution in [1.29, 1.82) is 0 Å². The Balaban J connectivity index is 1.84. The summed E-state index contributed by atoms with van der Waals surface area (Å²) in [5, 5.41) is 0. The highest BCUT2D eigenvalue weighted by Crippen LogP contribution is 2.13. The molecule has 0 fully saturated rings. The zero-order valence-electron chi connectivity index (χ0n) is 9.32. The lowest BCUT2D eigenvalue weighted by Crippen LogP contribution is -1.76. The van der Waals surface area contributed by atoms with Crippen LogP contribution in [0.1, 0.15) is 11.1 Å². The van der Waals surface area contributed by atoms with Gasteiger partial charge in [-0.2, -0.15) is 0 Å². The molecule has 0 aliphatic heterocycles. The SMILES string of the molecule is C(=N\P/N=C/c1ccccc1)/c1ccccc1. The van der Waals surface area contributed by atoms with Gasteiger partial charge in [0.2, 0.25) is 0 Å². The zero-order valence-corrected chi connectivity index (χ0v) is 10.3. The van der Waals surface area contributed by atoms with Crippen molar-refractivity contribution < 1.29 is 0 Å². The average Bonchev–Trinajstić information content (AvgIpc) is 2.41. The molecule has 0 radical (unpaired) electrons. The highest BCUT2D eigenvalue weighted by Gasteiger charge is 1.84. The van der Waals surface area contributed by atoms with Gasteiger partial charge in [0.1, 0.15) is 8.88 Å². The lowest BCUT2D eigenvalue weighted by Gasteiger charge is -1.90. The van der Waals surface area contributed by atoms with Crippen molar-refractivity contribution in [2.75, 3.05) is 0 Å². The molecule has 0 amide bonds. The molecule has 0 bridgehead atoms. The predicted molar refractivity (Wildman–Crippen MR) is 76.4 cm³/mol. The smallest absolute Gasteiger partial charge is 0.121 e. The van der Waals surface area contributed by atoms with Crippen molar-refractivity contribution in [3.05, 3.63) is 71.8 Å². The molecule has 2 aromatic carbocycles. The molecule has 2 aromatic rings. The summed E-state index contributed by atoms with van der Waals surface area (Å²) in [5.74, 6) is 0. The molecular weight excluding hydrogens is 227 g/mol. The summed E-state index contributed by atoms with van der Waals surface area (Å²) < 4.78 is 8.52. The third kappa shape index (κ3) is 4.29. The predicted octanol–water partition coefficient (Wildman–Crippen LogP) is 3.73. The van der Waals surface area contributed by atoms with Crippen LogP contribution in [0, 0.1) is 0 Å². The standard InChI is InChI=1S/C14H13N2P/c1-3-7-13(8-4-1)11-15-17-16-12-14-9-5-2-6-10-14/h1-12,17H/b15-11+,16-12+. The minimum atomic E-state index is 0.222. The molecule has 84 valence electrons. The fraction of sp³-hybridized carbons (Fsp3) is 0. The number of rotatable bonds is 4. The molecule has 0 saturated carbocycles. The van der Waals surface area contributed by atoms with Crippen LogP contribution in [0.2, 0.25) is 0 Å². The van der Waals surface area contributed by atoms with E-state index in [1.807, 2.05) is 73.1 Å². The van der Waals surface area contributed by atoms with Crippen molar-refractivity contribution in [3.63, 3.8) is 0 Å². The van der Waals surface area contributed by atoms with Gasteiger partial charge in [-0.05, 0) is 11.1 Å². The van der Waals surface area contributed by atoms with E-state index in [1.165, 1.54) is 0 Å². The average molecular weight is 240 g/mol. The van der Waals surface area contributed by atoms with E-state index in [-0.39, 0.29) is 8.88 Å². The summed E-state index contributed by atoms with van der Waals surface area (Å²) in [6, 6.07) is 20.1. The maximum atomic E-state index is 4.26. The van der Waals surface area contributed by atoms with Crippen LogP contribution in [0.25, 0.3) is 0 Å². The van der Waals surface area contributed by atoms with E-state index in [1.54, 1.807) is 0 Å². The first-order valence-corrected chi connectivity index (χ1v) is 6.26. The molecule has 17 heavy (non-hydrogen) atoms. The molecule has 0 saturated heterocycles. The third-order valence-electron chi connectivity index (χ3n) is 2.14. The van der Waals surface area contributed by atoms with Crippen molar-refractivity contribution >= 4 is 21.3 Å². The minimum Gasteiger partial charge on any atom is -0.248 e. The molecule has 0 atom stereocenters. The van der Waals surface area contributed by atoms with Crippen LogP contribution in [0.3, 0.4) is 0 Å². The quantitative estimate of drug-likeness (QED) is 0.574. The molecule has 0 heterocycles. The van der Waals surface area contributed by atoms with Crippen LogP contribution < -0.4 is 0 Å². The Bertz CT molecular complexity index is 445. The van der Waals surface area contributed by atoms with Gasteiger partial charge in [0.05, 0.1) is 0 Å². The van der Waals surface area contributed by atoms with Gasteiger partial charge in [0, 0.05) is 12.4 Å². The normalized spacial score (nSPS) is 11.3. The van der Waals surface area contributed by atoms with Crippen molar-refractivity contribution in [3.8, 4) is 0 Å². The molecule has 0 aliphatic carbocycles. The second-order valence-corrected chi connectivity index (χ2v) is 4.15. The number of benzene rings is 2. The van der Waals surface area contributed by atoms with E-state index in [0.717, 1.165) is 11.1 Å². The van der Waals surface area contributed by atoms with E-state index in [2.05, 4.69) is 9.53 Å². The summed E-state index contributed by atoms with van der Waals surface area (Å²) in [6.45, 7) is 0. The van der Waals surface area contributed by atoms with Crippen LogP contribution in [-0.2, 0) is 0 Å². The Morgan fingerprint density at radius 2 is 1.06 bits per heavy atom. The Kier molecular flexibility index (Phi) is 4.62. The summed E-state index contributed by atoms with van der Waals surface area (Å²) >= 11 is 0. The lowest BCUT2D eigenvalue weighted by molar-refractivity contribution is 1.65. The third-order valence-corrected chi connectivity index (χ3v) is 2.63. The first-order valence-electron chi connectivity index (χ1n) is 5.36. The monoisotopic (exact) mass is 240 g/mol. The molecule has 2 rings (SSSR count).